The van der Waals surface area contributed by atoms with Crippen LogP contribution < -0.4 is 9.64 Å². The van der Waals surface area contributed by atoms with E-state index < -0.39 is 0 Å². The average molecular weight is 339 g/mol. The molecule has 1 aromatic heterocycles. The van der Waals surface area contributed by atoms with Crippen molar-refractivity contribution in [1.82, 2.24) is 4.98 Å². The van der Waals surface area contributed by atoms with Gasteiger partial charge in [-0.05, 0) is 23.1 Å². The number of hydrogen-bond donors (Lipinski definition) is 0. The first-order valence-electron chi connectivity index (χ1n) is 8.42. The summed E-state index contributed by atoms with van der Waals surface area (Å²) >= 11 is 0. The molecule has 0 amide bonds. The highest BCUT2D eigenvalue weighted by Crippen LogP contribution is 2.31. The van der Waals surface area contributed by atoms with Gasteiger partial charge >= 0.3 is 0 Å². The molecule has 5 heteroatoms. The first-order chi connectivity index (χ1) is 11.9. The lowest BCUT2D eigenvalue weighted by Gasteiger charge is -2.20. The molecule has 1 fully saturated rings. The van der Waals surface area contributed by atoms with Gasteiger partial charge in [0.05, 0.1) is 6.54 Å². The molecule has 0 radical (unpaired) electrons. The highest BCUT2D eigenvalue weighted by molar-refractivity contribution is 5.46. The molecule has 1 atom stereocenters. The quantitative estimate of drug-likeness (QED) is 0.752. The zero-order valence-electron chi connectivity index (χ0n) is 14.8. The van der Waals surface area contributed by atoms with Crippen molar-refractivity contribution < 1.29 is 9.13 Å². The van der Waals surface area contributed by atoms with Crippen LogP contribution in [0.25, 0.3) is 4.85 Å². The van der Waals surface area contributed by atoms with Gasteiger partial charge in [-0.1, -0.05) is 26.8 Å². The van der Waals surface area contributed by atoms with Crippen LogP contribution in [-0.4, -0.2) is 24.1 Å². The van der Waals surface area contributed by atoms with Gasteiger partial charge in [-0.15, -0.1) is 0 Å². The third-order valence-corrected chi connectivity index (χ3v) is 4.37. The first kappa shape index (κ1) is 17.2. The van der Waals surface area contributed by atoms with E-state index in [0.717, 1.165) is 18.8 Å². The predicted octanol–water partition coefficient (Wildman–Crippen LogP) is 4.81. The molecule has 1 aromatic carbocycles. The van der Waals surface area contributed by atoms with Crippen molar-refractivity contribution in [3.05, 3.63) is 59.3 Å². The Morgan fingerprint density at radius 1 is 1.24 bits per heavy atom. The minimum Gasteiger partial charge on any atom is -0.457 e. The average Bonchev–Trinajstić information content (AvgIpc) is 3.03. The van der Waals surface area contributed by atoms with Crippen molar-refractivity contribution in [2.45, 2.75) is 38.6 Å². The molecule has 1 aliphatic rings. The van der Waals surface area contributed by atoms with Crippen molar-refractivity contribution in [3.8, 4) is 11.5 Å². The van der Waals surface area contributed by atoms with Crippen molar-refractivity contribution in [2.24, 2.45) is 0 Å². The Labute approximate surface area is 148 Å². The number of nitrogens with zero attached hydrogens (tertiary/aromatic N) is 3. The molecule has 0 spiro atoms. The highest BCUT2D eigenvalue weighted by atomic mass is 19.1. The second-order valence-electron chi connectivity index (χ2n) is 7.36. The maximum Gasteiger partial charge on any atom is 0.242 e. The number of anilines is 1. The molecule has 0 N–H and O–H groups in total. The van der Waals surface area contributed by atoms with Gasteiger partial charge in [0.25, 0.3) is 0 Å². The molecular weight excluding hydrogens is 317 g/mol. The predicted molar refractivity (Wildman–Crippen MR) is 96.6 cm³/mol. The fraction of sp³-hybridized carbons (Fsp3) is 0.400. The summed E-state index contributed by atoms with van der Waals surface area (Å²) in [4.78, 5) is 10.0. The largest absolute Gasteiger partial charge is 0.457 e. The molecule has 1 unspecified atom stereocenters. The van der Waals surface area contributed by atoms with Crippen molar-refractivity contribution in [1.29, 1.82) is 0 Å². The van der Waals surface area contributed by atoms with E-state index in [4.69, 9.17) is 11.3 Å². The van der Waals surface area contributed by atoms with Crippen LogP contribution in [0.3, 0.4) is 0 Å². The fourth-order valence-corrected chi connectivity index (χ4v) is 3.00. The molecule has 3 rings (SSSR count). The van der Waals surface area contributed by atoms with Gasteiger partial charge in [0.15, 0.2) is 0 Å². The third kappa shape index (κ3) is 3.90. The third-order valence-electron chi connectivity index (χ3n) is 4.37. The van der Waals surface area contributed by atoms with Crippen LogP contribution >= 0.6 is 0 Å². The smallest absolute Gasteiger partial charge is 0.242 e. The Morgan fingerprint density at radius 3 is 2.64 bits per heavy atom. The lowest BCUT2D eigenvalue weighted by atomic mass is 9.87. The first-order valence-corrected chi connectivity index (χ1v) is 8.42. The van der Waals surface area contributed by atoms with Gasteiger partial charge in [0.2, 0.25) is 6.04 Å². The Hall–Kier alpha value is -2.61. The summed E-state index contributed by atoms with van der Waals surface area (Å²) in [5, 5.41) is 0. The van der Waals surface area contributed by atoms with Crippen LogP contribution in [0, 0.1) is 12.4 Å². The standard InChI is InChI=1S/C20H22FN3O/c1-20(2,3)17-6-5-15(11-18(17)21)25-16-7-9-23-19(12-16)24-10-8-14(13-24)22-4/h5-7,9,11-12,14H,8,10,13H2,1-3H3. The van der Waals surface area contributed by atoms with E-state index in [1.165, 1.54) is 6.07 Å². The second kappa shape index (κ2) is 6.72. The summed E-state index contributed by atoms with van der Waals surface area (Å²) in [6, 6.07) is 8.60. The van der Waals surface area contributed by atoms with E-state index in [9.17, 15) is 4.39 Å². The number of aromatic nitrogens is 1. The molecule has 2 heterocycles. The van der Waals surface area contributed by atoms with Crippen LogP contribution in [-0.2, 0) is 5.41 Å². The summed E-state index contributed by atoms with van der Waals surface area (Å²) in [6.07, 6.45) is 2.53. The molecule has 4 nitrogen and oxygen atoms in total. The molecular formula is C20H22FN3O. The van der Waals surface area contributed by atoms with Crippen LogP contribution in [0.5, 0.6) is 11.5 Å². The number of ether oxygens (including phenoxy) is 1. The number of rotatable bonds is 3. The molecule has 0 bridgehead atoms. The minimum atomic E-state index is -0.265. The summed E-state index contributed by atoms with van der Waals surface area (Å²) < 4.78 is 20.1. The summed E-state index contributed by atoms with van der Waals surface area (Å²) in [5.74, 6) is 1.59. The summed E-state index contributed by atoms with van der Waals surface area (Å²) in [6.45, 7) is 14.6. The molecule has 25 heavy (non-hydrogen) atoms. The van der Waals surface area contributed by atoms with E-state index in [1.54, 1.807) is 24.4 Å². The molecule has 2 aromatic rings. The lowest BCUT2D eigenvalue weighted by molar-refractivity contribution is 0.468. The maximum atomic E-state index is 14.3. The fourth-order valence-electron chi connectivity index (χ4n) is 3.00. The Bertz CT molecular complexity index is 807. The SMILES string of the molecule is [C-]#[N+]C1CCN(c2cc(Oc3ccc(C(C)(C)C)c(F)c3)ccn2)C1. The molecule has 130 valence electrons. The Kier molecular flexibility index (Phi) is 4.63. The van der Waals surface area contributed by atoms with Gasteiger partial charge in [-0.3, -0.25) is 0 Å². The Morgan fingerprint density at radius 2 is 2.00 bits per heavy atom. The van der Waals surface area contributed by atoms with Crippen LogP contribution in [0.2, 0.25) is 0 Å². The zero-order chi connectivity index (χ0) is 18.0. The van der Waals surface area contributed by atoms with Crippen molar-refractivity contribution >= 4 is 5.82 Å². The van der Waals surface area contributed by atoms with E-state index >= 15 is 0 Å². The van der Waals surface area contributed by atoms with Gasteiger partial charge in [-0.25, -0.2) is 15.9 Å². The van der Waals surface area contributed by atoms with Gasteiger partial charge in [-0.2, -0.15) is 0 Å². The summed E-state index contributed by atoms with van der Waals surface area (Å²) in [7, 11) is 0. The maximum absolute atomic E-state index is 14.3. The highest BCUT2D eigenvalue weighted by Gasteiger charge is 2.27. The number of hydrogen-bond acceptors (Lipinski definition) is 3. The minimum absolute atomic E-state index is 0.0328. The van der Waals surface area contributed by atoms with E-state index in [0.29, 0.717) is 23.6 Å². The van der Waals surface area contributed by atoms with Crippen LogP contribution in [0.4, 0.5) is 10.2 Å². The summed E-state index contributed by atoms with van der Waals surface area (Å²) in [5.41, 5.74) is 0.416. The number of benzene rings is 1. The van der Waals surface area contributed by atoms with E-state index in [1.807, 2.05) is 26.8 Å². The van der Waals surface area contributed by atoms with Gasteiger partial charge < -0.3 is 14.5 Å². The van der Waals surface area contributed by atoms with Crippen LogP contribution in [0.15, 0.2) is 36.5 Å². The number of halogens is 1. The van der Waals surface area contributed by atoms with Gasteiger partial charge in [0, 0.05) is 31.3 Å². The molecule has 1 saturated heterocycles. The number of pyridine rings is 1. The molecule has 0 saturated carbocycles. The van der Waals surface area contributed by atoms with Crippen LogP contribution in [0.1, 0.15) is 32.8 Å². The van der Waals surface area contributed by atoms with E-state index in [-0.39, 0.29) is 17.3 Å². The van der Waals surface area contributed by atoms with E-state index in [2.05, 4.69) is 14.7 Å². The zero-order valence-corrected chi connectivity index (χ0v) is 14.8. The normalized spacial score (nSPS) is 17.4. The monoisotopic (exact) mass is 339 g/mol. The lowest BCUT2D eigenvalue weighted by Crippen LogP contribution is -2.21. The topological polar surface area (TPSA) is 29.7 Å². The van der Waals surface area contributed by atoms with Gasteiger partial charge in [0.1, 0.15) is 23.1 Å². The second-order valence-corrected chi connectivity index (χ2v) is 7.36. The Balaban J connectivity index is 1.77. The molecule has 0 aliphatic carbocycles. The van der Waals surface area contributed by atoms with Crippen molar-refractivity contribution in [3.63, 3.8) is 0 Å². The molecule has 1 aliphatic heterocycles. The van der Waals surface area contributed by atoms with Crippen molar-refractivity contribution in [2.75, 3.05) is 18.0 Å².